The molecule has 13 nitrogen and oxygen atoms in total. The zero-order valence-electron chi connectivity index (χ0n) is 19.8. The fourth-order valence-corrected chi connectivity index (χ4v) is 6.40. The van der Waals surface area contributed by atoms with Crippen LogP contribution in [0.25, 0.3) is 11.0 Å². The van der Waals surface area contributed by atoms with Crippen LogP contribution in [0.5, 0.6) is 0 Å². The molecule has 37 heavy (non-hydrogen) atoms. The average Bonchev–Trinajstić information content (AvgIpc) is 3.38. The first-order valence-electron chi connectivity index (χ1n) is 11.9. The number of barbiturate groups is 1. The molecule has 4 fully saturated rings. The lowest BCUT2D eigenvalue weighted by molar-refractivity contribution is -0.155. The molecule has 194 valence electrons. The lowest BCUT2D eigenvalue weighted by atomic mass is 9.66. The van der Waals surface area contributed by atoms with Crippen LogP contribution in [-0.2, 0) is 30.2 Å². The maximum Gasteiger partial charge on any atom is 0.416 e. The summed E-state index contributed by atoms with van der Waals surface area (Å²) in [6.07, 6.45) is -1.86. The molecule has 1 aromatic carbocycles. The number of rotatable bonds is 1. The number of ether oxygens (including phenoxy) is 3. The number of amides is 5. The van der Waals surface area contributed by atoms with Gasteiger partial charge in [-0.1, -0.05) is 5.16 Å². The smallest absolute Gasteiger partial charge is 0.416 e. The van der Waals surface area contributed by atoms with Crippen molar-refractivity contribution in [2.24, 2.45) is 5.41 Å². The van der Waals surface area contributed by atoms with E-state index in [0.29, 0.717) is 5.56 Å². The summed E-state index contributed by atoms with van der Waals surface area (Å²) in [5.74, 6) is -2.23. The van der Waals surface area contributed by atoms with Gasteiger partial charge in [0.05, 0.1) is 49.1 Å². The topological polar surface area (TPSA) is 153 Å². The number of morpholine rings is 1. The van der Waals surface area contributed by atoms with E-state index in [4.69, 9.17) is 18.7 Å². The van der Waals surface area contributed by atoms with Crippen LogP contribution in [0.2, 0.25) is 0 Å². The minimum atomic E-state index is -1.77. The number of halogens is 1. The number of anilines is 2. The van der Waals surface area contributed by atoms with Crippen molar-refractivity contribution in [3.63, 3.8) is 0 Å². The minimum Gasteiger partial charge on any atom is -0.436 e. The second-order valence-corrected chi connectivity index (χ2v) is 10.3. The maximum atomic E-state index is 16.2. The monoisotopic (exact) mass is 515 g/mol. The molecule has 2 N–H and O–H groups in total. The molecule has 2 spiro atoms. The minimum absolute atomic E-state index is 0.0677. The molecular formula is C23H22FN5O8. The van der Waals surface area contributed by atoms with Gasteiger partial charge in [0.15, 0.2) is 22.7 Å². The molecule has 0 radical (unpaired) electrons. The third-order valence-corrected chi connectivity index (χ3v) is 7.90. The van der Waals surface area contributed by atoms with E-state index in [-0.39, 0.29) is 61.3 Å². The van der Waals surface area contributed by atoms with Crippen LogP contribution in [0, 0.1) is 11.2 Å². The van der Waals surface area contributed by atoms with Gasteiger partial charge in [-0.05, 0) is 25.5 Å². The van der Waals surface area contributed by atoms with Gasteiger partial charge in [0.25, 0.3) is 0 Å². The predicted octanol–water partition coefficient (Wildman–Crippen LogP) is 0.583. The number of fused-ring (bicyclic) bond motifs is 5. The van der Waals surface area contributed by atoms with Gasteiger partial charge in [-0.3, -0.25) is 25.1 Å². The molecule has 0 saturated carbocycles. The van der Waals surface area contributed by atoms with E-state index >= 15 is 4.39 Å². The van der Waals surface area contributed by atoms with Gasteiger partial charge in [0.1, 0.15) is 0 Å². The van der Waals surface area contributed by atoms with Crippen LogP contribution in [0.15, 0.2) is 10.6 Å². The third-order valence-electron chi connectivity index (χ3n) is 7.90. The summed E-state index contributed by atoms with van der Waals surface area (Å²) in [6, 6.07) is -0.236. The quantitative estimate of drug-likeness (QED) is 0.516. The lowest BCUT2D eigenvalue weighted by Crippen LogP contribution is -2.75. The number of hydrogen-bond acceptors (Lipinski definition) is 10. The number of carbonyl (C=O) groups excluding carboxylic acids is 4. The molecular weight excluding hydrogens is 493 g/mol. The SMILES string of the molecule is C[C@@H]1CN2c3c(cc4c(N5CC6(COC6)OC5=O)noc4c3F)CC3(C(=O)NC(=O)NC3=O)[C@H]2[C@H](C)O1. The number of benzene rings is 1. The third kappa shape index (κ3) is 2.82. The molecule has 5 aliphatic rings. The number of aromatic nitrogens is 1. The van der Waals surface area contributed by atoms with Crippen LogP contribution >= 0.6 is 0 Å². The zero-order valence-corrected chi connectivity index (χ0v) is 19.8. The molecule has 5 amide bonds. The molecule has 5 aliphatic heterocycles. The fraction of sp³-hybridized carbons (Fsp3) is 0.522. The Kier molecular flexibility index (Phi) is 4.34. The normalized spacial score (nSPS) is 29.6. The lowest BCUT2D eigenvalue weighted by Gasteiger charge is -2.55. The van der Waals surface area contributed by atoms with Gasteiger partial charge >= 0.3 is 12.1 Å². The van der Waals surface area contributed by atoms with E-state index in [0.717, 1.165) is 0 Å². The van der Waals surface area contributed by atoms with Crippen molar-refractivity contribution in [3.8, 4) is 0 Å². The average molecular weight is 515 g/mol. The number of hydrogen-bond donors (Lipinski definition) is 2. The maximum absolute atomic E-state index is 16.2. The molecule has 0 unspecified atom stereocenters. The Balaban J connectivity index is 1.40. The second-order valence-electron chi connectivity index (χ2n) is 10.3. The molecule has 14 heteroatoms. The highest BCUT2D eigenvalue weighted by Crippen LogP contribution is 2.50. The zero-order chi connectivity index (χ0) is 25.9. The second kappa shape index (κ2) is 7.16. The van der Waals surface area contributed by atoms with Crippen molar-refractivity contribution in [2.75, 3.05) is 36.1 Å². The van der Waals surface area contributed by atoms with Crippen molar-refractivity contribution in [2.45, 2.75) is 44.1 Å². The van der Waals surface area contributed by atoms with Gasteiger partial charge in [0.2, 0.25) is 17.4 Å². The van der Waals surface area contributed by atoms with Crippen LogP contribution in [-0.4, -0.2) is 79.2 Å². The molecule has 6 heterocycles. The molecule has 0 aliphatic carbocycles. The summed E-state index contributed by atoms with van der Waals surface area (Å²) < 4.78 is 38.2. The Morgan fingerprint density at radius 2 is 1.86 bits per heavy atom. The van der Waals surface area contributed by atoms with E-state index in [1.807, 2.05) is 0 Å². The van der Waals surface area contributed by atoms with Gasteiger partial charge in [0, 0.05) is 13.0 Å². The highest BCUT2D eigenvalue weighted by Gasteiger charge is 2.63. The van der Waals surface area contributed by atoms with Crippen LogP contribution < -0.4 is 20.4 Å². The van der Waals surface area contributed by atoms with Gasteiger partial charge in [-0.25, -0.2) is 14.0 Å². The van der Waals surface area contributed by atoms with Gasteiger partial charge < -0.3 is 23.6 Å². The molecule has 1 aromatic heterocycles. The van der Waals surface area contributed by atoms with Crippen molar-refractivity contribution in [1.29, 1.82) is 0 Å². The molecule has 7 rings (SSSR count). The van der Waals surface area contributed by atoms with Crippen molar-refractivity contribution < 1.29 is 42.3 Å². The molecule has 4 saturated heterocycles. The van der Waals surface area contributed by atoms with Crippen molar-refractivity contribution >= 4 is 46.4 Å². The Bertz CT molecular complexity index is 1400. The van der Waals surface area contributed by atoms with Crippen molar-refractivity contribution in [3.05, 3.63) is 17.4 Å². The first-order valence-corrected chi connectivity index (χ1v) is 11.9. The van der Waals surface area contributed by atoms with E-state index in [1.165, 1.54) is 4.90 Å². The molecule has 0 bridgehead atoms. The Labute approximate surface area is 208 Å². The summed E-state index contributed by atoms with van der Waals surface area (Å²) >= 11 is 0. The van der Waals surface area contributed by atoms with Gasteiger partial charge in [-0.15, -0.1) is 0 Å². The van der Waals surface area contributed by atoms with Crippen LogP contribution in [0.1, 0.15) is 19.4 Å². The number of carbonyl (C=O) groups is 4. The summed E-state index contributed by atoms with van der Waals surface area (Å²) in [7, 11) is 0. The fourth-order valence-electron chi connectivity index (χ4n) is 6.40. The Morgan fingerprint density at radius 3 is 2.51 bits per heavy atom. The number of nitrogens with one attached hydrogen (secondary N) is 2. The summed E-state index contributed by atoms with van der Waals surface area (Å²) in [6.45, 7) is 4.34. The Morgan fingerprint density at radius 1 is 1.14 bits per heavy atom. The van der Waals surface area contributed by atoms with E-state index in [2.05, 4.69) is 15.8 Å². The highest BCUT2D eigenvalue weighted by molar-refractivity contribution is 6.20. The van der Waals surface area contributed by atoms with Gasteiger partial charge in [-0.2, -0.15) is 0 Å². The van der Waals surface area contributed by atoms with Crippen LogP contribution in [0.3, 0.4) is 0 Å². The number of nitrogens with zero attached hydrogens (tertiary/aromatic N) is 3. The molecule has 2 aromatic rings. The molecule has 3 atom stereocenters. The predicted molar refractivity (Wildman–Crippen MR) is 120 cm³/mol. The first kappa shape index (κ1) is 22.4. The summed E-state index contributed by atoms with van der Waals surface area (Å²) in [5, 5.41) is 8.58. The highest BCUT2D eigenvalue weighted by atomic mass is 19.1. The largest absolute Gasteiger partial charge is 0.436 e. The van der Waals surface area contributed by atoms with Crippen LogP contribution in [0.4, 0.5) is 25.5 Å². The Hall–Kier alpha value is -3.78. The number of imide groups is 2. The van der Waals surface area contributed by atoms with E-state index < -0.39 is 52.9 Å². The first-order chi connectivity index (χ1) is 17.6. The summed E-state index contributed by atoms with van der Waals surface area (Å²) in [5.41, 5.74) is -2.21. The number of urea groups is 1. The standard InChI is InChI=1S/C23H22FN5O8/c1-9-5-28-14-11(4-23(16(28)10(2)35-9)18(30)25-20(32)26-19(23)31)3-12-15(13(14)24)37-27-17(12)29-6-22(7-34-8-22)36-21(29)33/h3,9-10,16H,4-8H2,1-2H3,(H2,25,26,30,31,32)/t9-,10+,16-/m1/s1. The summed E-state index contributed by atoms with van der Waals surface area (Å²) in [4.78, 5) is 54.1. The van der Waals surface area contributed by atoms with Crippen molar-refractivity contribution in [1.82, 2.24) is 15.8 Å². The van der Waals surface area contributed by atoms with E-state index in [1.54, 1.807) is 24.8 Å². The van der Waals surface area contributed by atoms with E-state index in [9.17, 15) is 19.2 Å².